The zero-order valence-corrected chi connectivity index (χ0v) is 12.1. The normalized spacial score (nSPS) is 12.0. The average Bonchev–Trinajstić information content (AvgIpc) is 2.43. The molecule has 0 saturated heterocycles. The maximum Gasteiger partial charge on any atom is 0.260 e. The Morgan fingerprint density at radius 3 is 2.90 bits per heavy atom. The lowest BCUT2D eigenvalue weighted by Gasteiger charge is -2.17. The molecule has 1 aromatic carbocycles. The summed E-state index contributed by atoms with van der Waals surface area (Å²) >= 11 is 0. The molecule has 0 aliphatic heterocycles. The standard InChI is InChI=1S/C15H23FN2O2/c1-3-4-10-18-15(19)11(2)20-14-12(8-9-17)6-5-7-13(14)16/h5-7,11H,3-4,8-10,17H2,1-2H3,(H,18,19). The number of nitrogens with one attached hydrogen (secondary N) is 1. The number of rotatable bonds is 8. The van der Waals surface area contributed by atoms with Crippen molar-refractivity contribution in [3.05, 3.63) is 29.6 Å². The van der Waals surface area contributed by atoms with Gasteiger partial charge in [-0.15, -0.1) is 0 Å². The lowest BCUT2D eigenvalue weighted by Crippen LogP contribution is -2.37. The van der Waals surface area contributed by atoms with E-state index in [0.29, 0.717) is 25.1 Å². The van der Waals surface area contributed by atoms with E-state index in [1.165, 1.54) is 6.07 Å². The van der Waals surface area contributed by atoms with Gasteiger partial charge in [-0.05, 0) is 37.9 Å². The Morgan fingerprint density at radius 2 is 2.25 bits per heavy atom. The SMILES string of the molecule is CCCCNC(=O)C(C)Oc1c(F)cccc1CCN. The zero-order chi connectivity index (χ0) is 15.0. The van der Waals surface area contributed by atoms with Gasteiger partial charge < -0.3 is 15.8 Å². The summed E-state index contributed by atoms with van der Waals surface area (Å²) in [7, 11) is 0. The first-order valence-electron chi connectivity index (χ1n) is 7.02. The predicted octanol–water partition coefficient (Wildman–Crippen LogP) is 2.01. The molecule has 1 rings (SSSR count). The third kappa shape index (κ3) is 4.81. The molecule has 0 fully saturated rings. The van der Waals surface area contributed by atoms with Crippen LogP contribution < -0.4 is 15.8 Å². The number of para-hydroxylation sites is 1. The molecule has 1 atom stereocenters. The first kappa shape index (κ1) is 16.4. The number of hydrogen-bond acceptors (Lipinski definition) is 3. The largest absolute Gasteiger partial charge is 0.478 e. The minimum Gasteiger partial charge on any atom is -0.478 e. The van der Waals surface area contributed by atoms with Crippen LogP contribution >= 0.6 is 0 Å². The monoisotopic (exact) mass is 282 g/mol. The topological polar surface area (TPSA) is 64.3 Å². The number of hydrogen-bond donors (Lipinski definition) is 2. The van der Waals surface area contributed by atoms with Crippen molar-refractivity contribution < 1.29 is 13.9 Å². The molecular weight excluding hydrogens is 259 g/mol. The molecule has 0 saturated carbocycles. The second kappa shape index (κ2) is 8.53. The summed E-state index contributed by atoms with van der Waals surface area (Å²) < 4.78 is 19.3. The molecule has 1 amide bonds. The van der Waals surface area contributed by atoms with Crippen LogP contribution in [-0.4, -0.2) is 25.1 Å². The Balaban J connectivity index is 2.69. The molecule has 112 valence electrons. The first-order valence-corrected chi connectivity index (χ1v) is 7.02. The van der Waals surface area contributed by atoms with Crippen LogP contribution in [0.1, 0.15) is 32.3 Å². The van der Waals surface area contributed by atoms with Crippen molar-refractivity contribution in [3.8, 4) is 5.75 Å². The van der Waals surface area contributed by atoms with Crippen LogP contribution in [0, 0.1) is 5.82 Å². The highest BCUT2D eigenvalue weighted by Gasteiger charge is 2.18. The molecule has 1 aromatic rings. The molecule has 0 heterocycles. The van der Waals surface area contributed by atoms with E-state index < -0.39 is 11.9 Å². The minimum absolute atomic E-state index is 0.121. The Bertz CT molecular complexity index is 438. The fourth-order valence-electron chi connectivity index (χ4n) is 1.80. The highest BCUT2D eigenvalue weighted by Crippen LogP contribution is 2.24. The van der Waals surface area contributed by atoms with Gasteiger partial charge in [-0.3, -0.25) is 4.79 Å². The average molecular weight is 282 g/mol. The van der Waals surface area contributed by atoms with E-state index in [1.807, 2.05) is 6.92 Å². The lowest BCUT2D eigenvalue weighted by atomic mass is 10.1. The summed E-state index contributed by atoms with van der Waals surface area (Å²) in [6, 6.07) is 4.68. The molecule has 0 radical (unpaired) electrons. The number of carbonyl (C=O) groups excluding carboxylic acids is 1. The van der Waals surface area contributed by atoms with Gasteiger partial charge in [-0.2, -0.15) is 0 Å². The Hall–Kier alpha value is -1.62. The zero-order valence-electron chi connectivity index (χ0n) is 12.1. The second-order valence-electron chi connectivity index (χ2n) is 4.67. The van der Waals surface area contributed by atoms with Crippen molar-refractivity contribution in [2.45, 2.75) is 39.2 Å². The fourth-order valence-corrected chi connectivity index (χ4v) is 1.80. The molecule has 0 aromatic heterocycles. The molecular formula is C15H23FN2O2. The van der Waals surface area contributed by atoms with Gasteiger partial charge in [0.2, 0.25) is 0 Å². The van der Waals surface area contributed by atoms with Crippen LogP contribution in [0.15, 0.2) is 18.2 Å². The number of halogens is 1. The van der Waals surface area contributed by atoms with E-state index in [9.17, 15) is 9.18 Å². The van der Waals surface area contributed by atoms with Crippen molar-refractivity contribution in [2.75, 3.05) is 13.1 Å². The maximum atomic E-state index is 13.8. The highest BCUT2D eigenvalue weighted by molar-refractivity contribution is 5.80. The Kier molecular flexibility index (Phi) is 7.01. The number of unbranched alkanes of at least 4 members (excludes halogenated alkanes) is 1. The summed E-state index contributed by atoms with van der Waals surface area (Å²) in [5, 5.41) is 2.76. The van der Waals surface area contributed by atoms with Crippen molar-refractivity contribution in [1.29, 1.82) is 0 Å². The van der Waals surface area contributed by atoms with Gasteiger partial charge in [0.1, 0.15) is 0 Å². The third-order valence-electron chi connectivity index (χ3n) is 2.96. The van der Waals surface area contributed by atoms with Gasteiger partial charge in [0, 0.05) is 6.54 Å². The van der Waals surface area contributed by atoms with Crippen LogP contribution in [0.5, 0.6) is 5.75 Å². The number of ether oxygens (including phenoxy) is 1. The van der Waals surface area contributed by atoms with E-state index >= 15 is 0 Å². The predicted molar refractivity (Wildman–Crippen MR) is 77.2 cm³/mol. The van der Waals surface area contributed by atoms with Gasteiger partial charge in [0.25, 0.3) is 5.91 Å². The summed E-state index contributed by atoms with van der Waals surface area (Å²) in [5.41, 5.74) is 6.18. The molecule has 0 bridgehead atoms. The van der Waals surface area contributed by atoms with Crippen LogP contribution in [0.3, 0.4) is 0 Å². The van der Waals surface area contributed by atoms with Gasteiger partial charge in [0.15, 0.2) is 17.7 Å². The van der Waals surface area contributed by atoms with Crippen LogP contribution in [0.25, 0.3) is 0 Å². The number of carbonyl (C=O) groups is 1. The quantitative estimate of drug-likeness (QED) is 0.717. The molecule has 0 aliphatic carbocycles. The molecule has 4 nitrogen and oxygen atoms in total. The van der Waals surface area contributed by atoms with Gasteiger partial charge in [0.05, 0.1) is 0 Å². The Morgan fingerprint density at radius 1 is 1.50 bits per heavy atom. The maximum absolute atomic E-state index is 13.8. The molecule has 20 heavy (non-hydrogen) atoms. The molecule has 0 spiro atoms. The third-order valence-corrected chi connectivity index (χ3v) is 2.96. The van der Waals surface area contributed by atoms with Crippen molar-refractivity contribution >= 4 is 5.91 Å². The number of amides is 1. The van der Waals surface area contributed by atoms with Crippen LogP contribution in [0.2, 0.25) is 0 Å². The number of nitrogens with two attached hydrogens (primary N) is 1. The van der Waals surface area contributed by atoms with E-state index in [0.717, 1.165) is 12.8 Å². The van der Waals surface area contributed by atoms with Gasteiger partial charge in [-0.1, -0.05) is 25.5 Å². The molecule has 3 N–H and O–H groups in total. The summed E-state index contributed by atoms with van der Waals surface area (Å²) in [6.45, 7) is 4.66. The second-order valence-corrected chi connectivity index (χ2v) is 4.67. The van der Waals surface area contributed by atoms with Crippen molar-refractivity contribution in [2.24, 2.45) is 5.73 Å². The van der Waals surface area contributed by atoms with Crippen molar-refractivity contribution in [3.63, 3.8) is 0 Å². The highest BCUT2D eigenvalue weighted by atomic mass is 19.1. The Labute approximate surface area is 119 Å². The lowest BCUT2D eigenvalue weighted by molar-refractivity contribution is -0.127. The smallest absolute Gasteiger partial charge is 0.260 e. The fraction of sp³-hybridized carbons (Fsp3) is 0.533. The van der Waals surface area contributed by atoms with Gasteiger partial charge >= 0.3 is 0 Å². The summed E-state index contributed by atoms with van der Waals surface area (Å²) in [6.07, 6.45) is 1.69. The van der Waals surface area contributed by atoms with E-state index in [2.05, 4.69) is 5.32 Å². The minimum atomic E-state index is -0.736. The van der Waals surface area contributed by atoms with E-state index in [4.69, 9.17) is 10.5 Å². The van der Waals surface area contributed by atoms with Crippen LogP contribution in [0.4, 0.5) is 4.39 Å². The van der Waals surface area contributed by atoms with E-state index in [-0.39, 0.29) is 11.7 Å². The first-order chi connectivity index (χ1) is 9.60. The van der Waals surface area contributed by atoms with E-state index in [1.54, 1.807) is 19.1 Å². The summed E-state index contributed by atoms with van der Waals surface area (Å²) in [5.74, 6) is -0.583. The molecule has 1 unspecified atom stereocenters. The van der Waals surface area contributed by atoms with Gasteiger partial charge in [-0.25, -0.2) is 4.39 Å². The molecule has 0 aliphatic rings. The van der Waals surface area contributed by atoms with Crippen molar-refractivity contribution in [1.82, 2.24) is 5.32 Å². The number of benzene rings is 1. The summed E-state index contributed by atoms with van der Waals surface area (Å²) in [4.78, 5) is 11.8. The van der Waals surface area contributed by atoms with Crippen LogP contribution in [-0.2, 0) is 11.2 Å². The molecule has 5 heteroatoms.